The van der Waals surface area contributed by atoms with Crippen LogP contribution in [0, 0.1) is 0 Å². The summed E-state index contributed by atoms with van der Waals surface area (Å²) < 4.78 is 48.4. The molecule has 1 aliphatic heterocycles. The van der Waals surface area contributed by atoms with E-state index in [0.29, 0.717) is 54.4 Å². The second-order valence-corrected chi connectivity index (χ2v) is 6.68. The van der Waals surface area contributed by atoms with Crippen LogP contribution in [0.2, 0.25) is 0 Å². The van der Waals surface area contributed by atoms with Crippen molar-refractivity contribution in [2.45, 2.75) is 6.36 Å². The highest BCUT2D eigenvalue weighted by Gasteiger charge is 2.31. The Bertz CT molecular complexity index is 1080. The van der Waals surface area contributed by atoms with E-state index >= 15 is 0 Å². The first-order chi connectivity index (χ1) is 14.3. The smallest absolute Gasteiger partial charge is 0.406 e. The topological polar surface area (TPSA) is 81.5 Å². The van der Waals surface area contributed by atoms with E-state index < -0.39 is 6.36 Å². The summed E-state index contributed by atoms with van der Waals surface area (Å²) in [6, 6.07) is 5.41. The van der Waals surface area contributed by atoms with Gasteiger partial charge in [0.25, 0.3) is 5.91 Å². The Hall–Kier alpha value is -3.34. The summed E-state index contributed by atoms with van der Waals surface area (Å²) in [6.07, 6.45) is -1.79. The zero-order valence-electron chi connectivity index (χ0n) is 15.9. The number of rotatable bonds is 4. The lowest BCUT2D eigenvalue weighted by atomic mass is 10.2. The fourth-order valence-corrected chi connectivity index (χ4v) is 3.26. The summed E-state index contributed by atoms with van der Waals surface area (Å²) in [4.78, 5) is 23.3. The van der Waals surface area contributed by atoms with Crippen molar-refractivity contribution in [3.8, 4) is 5.75 Å². The van der Waals surface area contributed by atoms with Crippen LogP contribution in [0.25, 0.3) is 11.0 Å². The summed E-state index contributed by atoms with van der Waals surface area (Å²) in [5.74, 6) is -0.219. The average molecular weight is 421 g/mol. The molecule has 1 aliphatic rings. The molecule has 3 aromatic rings. The Balaban J connectivity index is 1.65. The number of aromatic nitrogens is 3. The fourth-order valence-electron chi connectivity index (χ4n) is 3.26. The Morgan fingerprint density at radius 1 is 1.23 bits per heavy atom. The highest BCUT2D eigenvalue weighted by Crippen LogP contribution is 2.29. The maximum atomic E-state index is 13.0. The number of imidazole rings is 1. The van der Waals surface area contributed by atoms with Crippen LogP contribution in [0.1, 0.15) is 10.4 Å². The number of nitrogens with zero attached hydrogens (tertiary/aromatic N) is 4. The number of carbonyl (C=O) groups excluding carboxylic acids is 1. The number of halogens is 3. The van der Waals surface area contributed by atoms with Crippen LogP contribution in [0.4, 0.5) is 24.7 Å². The number of amides is 1. The minimum atomic E-state index is -4.79. The van der Waals surface area contributed by atoms with Crippen LogP contribution < -0.4 is 10.1 Å². The van der Waals surface area contributed by atoms with E-state index in [1.165, 1.54) is 24.4 Å². The predicted octanol–water partition coefficient (Wildman–Crippen LogP) is 3.08. The lowest BCUT2D eigenvalue weighted by Crippen LogP contribution is -2.40. The van der Waals surface area contributed by atoms with E-state index in [9.17, 15) is 18.0 Å². The van der Waals surface area contributed by atoms with Crippen LogP contribution in [0.15, 0.2) is 36.8 Å². The van der Waals surface area contributed by atoms with Gasteiger partial charge in [-0.15, -0.1) is 13.2 Å². The maximum Gasteiger partial charge on any atom is 0.573 e. The van der Waals surface area contributed by atoms with Gasteiger partial charge in [-0.3, -0.25) is 4.79 Å². The first kappa shape index (κ1) is 20.0. The van der Waals surface area contributed by atoms with Crippen LogP contribution in [0.3, 0.4) is 0 Å². The molecular weight excluding hydrogens is 403 g/mol. The minimum Gasteiger partial charge on any atom is -0.406 e. The summed E-state index contributed by atoms with van der Waals surface area (Å²) >= 11 is 0. The Kier molecular flexibility index (Phi) is 5.20. The molecule has 4 rings (SSSR count). The number of ether oxygens (including phenoxy) is 2. The average Bonchev–Trinajstić information content (AvgIpc) is 3.10. The maximum absolute atomic E-state index is 13.0. The first-order valence-electron chi connectivity index (χ1n) is 9.12. The SMILES string of the molecule is Cn1cnc2c(Nc3cccc(OC(F)(F)F)c3)ncc(C(=O)N3CCOCC3)c21. The van der Waals surface area contributed by atoms with Crippen molar-refractivity contribution < 1.29 is 27.4 Å². The quantitative estimate of drug-likeness (QED) is 0.697. The molecule has 1 saturated heterocycles. The molecule has 0 spiro atoms. The normalized spacial score (nSPS) is 14.7. The van der Waals surface area contributed by atoms with Crippen LogP contribution in [-0.4, -0.2) is 58.0 Å². The monoisotopic (exact) mass is 421 g/mol. The molecule has 0 saturated carbocycles. The Morgan fingerprint density at radius 2 is 2.00 bits per heavy atom. The third kappa shape index (κ3) is 4.15. The molecule has 1 amide bonds. The molecule has 2 aromatic heterocycles. The van der Waals surface area contributed by atoms with Crippen molar-refractivity contribution in [3.63, 3.8) is 0 Å². The molecule has 1 fully saturated rings. The van der Waals surface area contributed by atoms with Crippen LogP contribution in [0.5, 0.6) is 5.75 Å². The number of hydrogen-bond donors (Lipinski definition) is 1. The molecule has 8 nitrogen and oxygen atoms in total. The van der Waals surface area contributed by atoms with Gasteiger partial charge in [-0.25, -0.2) is 9.97 Å². The highest BCUT2D eigenvalue weighted by molar-refractivity contribution is 6.07. The molecule has 3 heterocycles. The van der Waals surface area contributed by atoms with E-state index in [4.69, 9.17) is 4.74 Å². The van der Waals surface area contributed by atoms with Crippen molar-refractivity contribution >= 4 is 28.4 Å². The van der Waals surface area contributed by atoms with Gasteiger partial charge in [0.15, 0.2) is 5.82 Å². The number of benzene rings is 1. The summed E-state index contributed by atoms with van der Waals surface area (Å²) in [7, 11) is 1.76. The summed E-state index contributed by atoms with van der Waals surface area (Å²) in [5, 5.41) is 2.95. The third-order valence-corrected chi connectivity index (χ3v) is 4.60. The van der Waals surface area contributed by atoms with E-state index in [1.54, 1.807) is 28.9 Å². The first-order valence-corrected chi connectivity index (χ1v) is 9.12. The molecule has 0 unspecified atom stereocenters. The molecule has 11 heteroatoms. The molecule has 0 atom stereocenters. The number of fused-ring (bicyclic) bond motifs is 1. The summed E-state index contributed by atoms with van der Waals surface area (Å²) in [6.45, 7) is 1.93. The Labute approximate surface area is 169 Å². The van der Waals surface area contributed by atoms with Gasteiger partial charge in [-0.1, -0.05) is 6.07 Å². The fraction of sp³-hybridized carbons (Fsp3) is 0.316. The second-order valence-electron chi connectivity index (χ2n) is 6.68. The zero-order chi connectivity index (χ0) is 21.3. The van der Waals surface area contributed by atoms with Gasteiger partial charge < -0.3 is 24.3 Å². The second kappa shape index (κ2) is 7.82. The Morgan fingerprint density at radius 3 is 2.73 bits per heavy atom. The van der Waals surface area contributed by atoms with Gasteiger partial charge in [0.05, 0.1) is 30.6 Å². The van der Waals surface area contributed by atoms with Gasteiger partial charge in [0.1, 0.15) is 11.3 Å². The van der Waals surface area contributed by atoms with Gasteiger partial charge in [-0.2, -0.15) is 0 Å². The van der Waals surface area contributed by atoms with Crippen molar-refractivity contribution in [3.05, 3.63) is 42.4 Å². The van der Waals surface area contributed by atoms with Crippen molar-refractivity contribution in [2.24, 2.45) is 7.05 Å². The number of anilines is 2. The predicted molar refractivity (Wildman–Crippen MR) is 102 cm³/mol. The number of hydrogen-bond acceptors (Lipinski definition) is 6. The van der Waals surface area contributed by atoms with Gasteiger partial charge in [0, 0.05) is 38.1 Å². The highest BCUT2D eigenvalue weighted by atomic mass is 19.4. The molecule has 0 aliphatic carbocycles. The van der Waals surface area contributed by atoms with E-state index in [2.05, 4.69) is 20.0 Å². The number of aryl methyl sites for hydroxylation is 1. The third-order valence-electron chi connectivity index (χ3n) is 4.60. The number of pyridine rings is 1. The molecular formula is C19H18F3N5O3. The lowest BCUT2D eigenvalue weighted by molar-refractivity contribution is -0.274. The van der Waals surface area contributed by atoms with Crippen LogP contribution in [-0.2, 0) is 11.8 Å². The van der Waals surface area contributed by atoms with Crippen molar-refractivity contribution in [1.29, 1.82) is 0 Å². The molecule has 158 valence electrons. The standard InChI is InChI=1S/C19H18F3N5O3/c1-26-11-24-15-16(26)14(18(28)27-5-7-29-8-6-27)10-23-17(15)25-12-3-2-4-13(9-12)30-19(20,21)22/h2-4,9-11H,5-8H2,1H3,(H,23,25). The number of nitrogens with one attached hydrogen (secondary N) is 1. The van der Waals surface area contributed by atoms with Crippen LogP contribution >= 0.6 is 0 Å². The summed E-state index contributed by atoms with van der Waals surface area (Å²) in [5.41, 5.74) is 1.74. The zero-order valence-corrected chi connectivity index (χ0v) is 15.9. The minimum absolute atomic E-state index is 0.175. The molecule has 0 bridgehead atoms. The van der Waals surface area contributed by atoms with Gasteiger partial charge in [-0.05, 0) is 12.1 Å². The van der Waals surface area contributed by atoms with Crippen molar-refractivity contribution in [2.75, 3.05) is 31.6 Å². The van der Waals surface area contributed by atoms with E-state index in [1.807, 2.05) is 0 Å². The van der Waals surface area contributed by atoms with Crippen molar-refractivity contribution in [1.82, 2.24) is 19.4 Å². The lowest BCUT2D eigenvalue weighted by Gasteiger charge is -2.27. The number of carbonyl (C=O) groups is 1. The molecule has 1 N–H and O–H groups in total. The molecule has 30 heavy (non-hydrogen) atoms. The number of alkyl halides is 3. The van der Waals surface area contributed by atoms with E-state index in [0.717, 1.165) is 0 Å². The van der Waals surface area contributed by atoms with Gasteiger partial charge in [0.2, 0.25) is 0 Å². The van der Waals surface area contributed by atoms with E-state index in [-0.39, 0.29) is 11.7 Å². The van der Waals surface area contributed by atoms with Gasteiger partial charge >= 0.3 is 6.36 Å². The largest absolute Gasteiger partial charge is 0.573 e. The molecule has 1 aromatic carbocycles. The number of morpholine rings is 1. The molecule has 0 radical (unpaired) electrons.